The molecule has 4 N–H and O–H groups in total. The molecule has 0 aliphatic carbocycles. The molecule has 0 fully saturated rings. The molecule has 30 heavy (non-hydrogen) atoms. The SMILES string of the molecule is CCNC(=NCC(C)(O)c1ccccc1)NCCNC(=O)c1cccc(OC)c1.I. The van der Waals surface area contributed by atoms with E-state index in [4.69, 9.17) is 4.74 Å². The third-order valence-corrected chi connectivity index (χ3v) is 4.32. The summed E-state index contributed by atoms with van der Waals surface area (Å²) in [5, 5.41) is 19.8. The number of carbonyl (C=O) groups is 1. The highest BCUT2D eigenvalue weighted by Gasteiger charge is 2.22. The van der Waals surface area contributed by atoms with Gasteiger partial charge in [0, 0.05) is 25.2 Å². The van der Waals surface area contributed by atoms with Gasteiger partial charge in [0.2, 0.25) is 0 Å². The third kappa shape index (κ3) is 8.19. The molecule has 7 nitrogen and oxygen atoms in total. The molecule has 2 aromatic carbocycles. The lowest BCUT2D eigenvalue weighted by atomic mass is 9.96. The molecule has 0 spiro atoms. The Morgan fingerprint density at radius 2 is 1.77 bits per heavy atom. The molecular formula is C22H31IN4O3. The fourth-order valence-electron chi connectivity index (χ4n) is 2.69. The molecule has 2 aromatic rings. The van der Waals surface area contributed by atoms with Gasteiger partial charge in [0.15, 0.2) is 5.96 Å². The number of nitrogens with one attached hydrogen (secondary N) is 3. The Labute approximate surface area is 195 Å². The monoisotopic (exact) mass is 526 g/mol. The number of hydrogen-bond acceptors (Lipinski definition) is 4. The van der Waals surface area contributed by atoms with Crippen LogP contribution in [0.25, 0.3) is 0 Å². The van der Waals surface area contributed by atoms with Crippen LogP contribution < -0.4 is 20.7 Å². The first-order valence-corrected chi connectivity index (χ1v) is 9.68. The van der Waals surface area contributed by atoms with E-state index in [-0.39, 0.29) is 36.4 Å². The summed E-state index contributed by atoms with van der Waals surface area (Å²) in [5.74, 6) is 1.06. The first kappa shape index (κ1) is 25.7. The van der Waals surface area contributed by atoms with Gasteiger partial charge in [-0.15, -0.1) is 24.0 Å². The molecule has 164 valence electrons. The third-order valence-electron chi connectivity index (χ3n) is 4.32. The van der Waals surface area contributed by atoms with Crippen molar-refractivity contribution in [3.05, 3.63) is 65.7 Å². The van der Waals surface area contributed by atoms with Crippen molar-refractivity contribution in [3.8, 4) is 5.75 Å². The summed E-state index contributed by atoms with van der Waals surface area (Å²) in [5.41, 5.74) is 0.290. The van der Waals surface area contributed by atoms with Crippen molar-refractivity contribution in [2.24, 2.45) is 4.99 Å². The Hall–Kier alpha value is -2.33. The second-order valence-electron chi connectivity index (χ2n) is 6.75. The van der Waals surface area contributed by atoms with E-state index in [1.54, 1.807) is 38.3 Å². The minimum absolute atomic E-state index is 0. The Morgan fingerprint density at radius 3 is 2.43 bits per heavy atom. The molecule has 1 atom stereocenters. The largest absolute Gasteiger partial charge is 0.497 e. The zero-order valence-corrected chi connectivity index (χ0v) is 20.0. The van der Waals surface area contributed by atoms with Crippen molar-refractivity contribution in [1.82, 2.24) is 16.0 Å². The second kappa shape index (κ2) is 13.1. The van der Waals surface area contributed by atoms with Gasteiger partial charge in [-0.05, 0) is 37.6 Å². The van der Waals surface area contributed by atoms with E-state index in [1.807, 2.05) is 37.3 Å². The highest BCUT2D eigenvalue weighted by Crippen LogP contribution is 2.20. The second-order valence-corrected chi connectivity index (χ2v) is 6.75. The number of guanidine groups is 1. The van der Waals surface area contributed by atoms with Crippen LogP contribution in [0, 0.1) is 0 Å². The maximum atomic E-state index is 12.2. The maximum absolute atomic E-state index is 12.2. The number of aliphatic hydroxyl groups is 1. The summed E-state index contributed by atoms with van der Waals surface area (Å²) in [6.45, 7) is 5.53. The number of nitrogens with zero attached hydrogens (tertiary/aromatic N) is 1. The van der Waals surface area contributed by atoms with Crippen molar-refractivity contribution >= 4 is 35.8 Å². The average molecular weight is 526 g/mol. The van der Waals surface area contributed by atoms with Gasteiger partial charge in [0.25, 0.3) is 5.91 Å². The molecule has 0 radical (unpaired) electrons. The van der Waals surface area contributed by atoms with Gasteiger partial charge in [-0.3, -0.25) is 4.79 Å². The van der Waals surface area contributed by atoms with Crippen molar-refractivity contribution < 1.29 is 14.6 Å². The van der Waals surface area contributed by atoms with Crippen LogP contribution >= 0.6 is 24.0 Å². The topological polar surface area (TPSA) is 95.0 Å². The van der Waals surface area contributed by atoms with Gasteiger partial charge in [-0.25, -0.2) is 4.99 Å². The standard InChI is InChI=1S/C22H30N4O3.HI/c1-4-23-21(26-16-22(2,28)18-10-6-5-7-11-18)25-14-13-24-20(27)17-9-8-12-19(15-17)29-3;/h5-12,15,28H,4,13-14,16H2,1-3H3,(H,24,27)(H2,23,25,26);1H. The smallest absolute Gasteiger partial charge is 0.251 e. The van der Waals surface area contributed by atoms with Crippen LogP contribution in [0.3, 0.4) is 0 Å². The lowest BCUT2D eigenvalue weighted by Crippen LogP contribution is -2.42. The Balaban J connectivity index is 0.00000450. The van der Waals surface area contributed by atoms with Crippen molar-refractivity contribution in [2.45, 2.75) is 19.4 Å². The maximum Gasteiger partial charge on any atom is 0.251 e. The van der Waals surface area contributed by atoms with Gasteiger partial charge in [0.1, 0.15) is 11.4 Å². The molecule has 8 heteroatoms. The molecule has 0 heterocycles. The first-order chi connectivity index (χ1) is 14.0. The highest BCUT2D eigenvalue weighted by molar-refractivity contribution is 14.0. The number of methoxy groups -OCH3 is 1. The number of rotatable bonds is 9. The van der Waals surface area contributed by atoms with E-state index >= 15 is 0 Å². The summed E-state index contributed by atoms with van der Waals surface area (Å²) in [6.07, 6.45) is 0. The van der Waals surface area contributed by atoms with Gasteiger partial charge >= 0.3 is 0 Å². The first-order valence-electron chi connectivity index (χ1n) is 9.68. The quantitative estimate of drug-likeness (QED) is 0.174. The van der Waals surface area contributed by atoms with Crippen LogP contribution in [0.5, 0.6) is 5.75 Å². The Morgan fingerprint density at radius 1 is 1.07 bits per heavy atom. The molecule has 0 aliphatic heterocycles. The lowest BCUT2D eigenvalue weighted by Gasteiger charge is -2.22. The number of halogens is 1. The molecule has 0 saturated heterocycles. The van der Waals surface area contributed by atoms with Crippen LogP contribution in [0.1, 0.15) is 29.8 Å². The predicted octanol–water partition coefficient (Wildman–Crippen LogP) is 2.51. The van der Waals surface area contributed by atoms with E-state index in [0.29, 0.717) is 36.9 Å². The van der Waals surface area contributed by atoms with Crippen molar-refractivity contribution in [2.75, 3.05) is 33.3 Å². The van der Waals surface area contributed by atoms with E-state index in [0.717, 1.165) is 5.56 Å². The van der Waals surface area contributed by atoms with Gasteiger partial charge < -0.3 is 25.8 Å². The Kier molecular flexibility index (Phi) is 11.2. The van der Waals surface area contributed by atoms with Crippen LogP contribution in [-0.4, -0.2) is 50.3 Å². The van der Waals surface area contributed by atoms with Gasteiger partial charge in [-0.1, -0.05) is 36.4 Å². The van der Waals surface area contributed by atoms with Crippen LogP contribution in [0.15, 0.2) is 59.6 Å². The van der Waals surface area contributed by atoms with Gasteiger partial charge in [-0.2, -0.15) is 0 Å². The van der Waals surface area contributed by atoms with Crippen LogP contribution in [0.4, 0.5) is 0 Å². The molecule has 0 bridgehead atoms. The number of aliphatic imine (C=N–C) groups is 1. The molecule has 2 rings (SSSR count). The van der Waals surface area contributed by atoms with E-state index in [9.17, 15) is 9.90 Å². The lowest BCUT2D eigenvalue weighted by molar-refractivity contribution is 0.0672. The fraction of sp³-hybridized carbons (Fsp3) is 0.364. The number of ether oxygens (including phenoxy) is 1. The normalized spacial score (nSPS) is 12.9. The van der Waals surface area contributed by atoms with E-state index in [2.05, 4.69) is 20.9 Å². The van der Waals surface area contributed by atoms with E-state index in [1.165, 1.54) is 0 Å². The molecule has 1 amide bonds. The van der Waals surface area contributed by atoms with Crippen LogP contribution in [-0.2, 0) is 5.60 Å². The number of amides is 1. The molecule has 0 saturated carbocycles. The Bertz CT molecular complexity index is 813. The summed E-state index contributed by atoms with van der Waals surface area (Å²) in [6, 6.07) is 16.5. The zero-order valence-electron chi connectivity index (χ0n) is 17.6. The number of benzene rings is 2. The van der Waals surface area contributed by atoms with Crippen molar-refractivity contribution in [3.63, 3.8) is 0 Å². The number of carbonyl (C=O) groups excluding carboxylic acids is 1. The summed E-state index contributed by atoms with van der Waals surface area (Å²) in [7, 11) is 1.57. The van der Waals surface area contributed by atoms with E-state index < -0.39 is 5.60 Å². The van der Waals surface area contributed by atoms with Crippen molar-refractivity contribution in [1.29, 1.82) is 0 Å². The summed E-state index contributed by atoms with van der Waals surface area (Å²) < 4.78 is 5.14. The van der Waals surface area contributed by atoms with Crippen LogP contribution in [0.2, 0.25) is 0 Å². The van der Waals surface area contributed by atoms with Gasteiger partial charge in [0.05, 0.1) is 13.7 Å². The zero-order chi connectivity index (χ0) is 21.1. The molecule has 1 unspecified atom stereocenters. The average Bonchev–Trinajstić information content (AvgIpc) is 2.75. The highest BCUT2D eigenvalue weighted by atomic mass is 127. The predicted molar refractivity (Wildman–Crippen MR) is 131 cm³/mol. The molecular weight excluding hydrogens is 495 g/mol. The fourth-order valence-corrected chi connectivity index (χ4v) is 2.69. The summed E-state index contributed by atoms with van der Waals surface area (Å²) in [4.78, 5) is 16.7. The number of hydrogen-bond donors (Lipinski definition) is 4. The minimum atomic E-state index is -1.07. The summed E-state index contributed by atoms with van der Waals surface area (Å²) >= 11 is 0. The molecule has 0 aliphatic rings. The minimum Gasteiger partial charge on any atom is -0.497 e. The molecule has 0 aromatic heterocycles.